The summed E-state index contributed by atoms with van der Waals surface area (Å²) >= 11 is 0. The summed E-state index contributed by atoms with van der Waals surface area (Å²) in [4.78, 5) is 0. The fraction of sp³-hybridized carbons (Fsp3) is 0.0769. The summed E-state index contributed by atoms with van der Waals surface area (Å²) in [5, 5.41) is 0. The van der Waals surface area contributed by atoms with Crippen LogP contribution >= 0.6 is 34.0 Å². The Labute approximate surface area is 222 Å². The van der Waals surface area contributed by atoms with Gasteiger partial charge in [-0.2, -0.15) is 0 Å². The second kappa shape index (κ2) is 15.9. The van der Waals surface area contributed by atoms with E-state index in [1.807, 2.05) is 60.7 Å². The van der Waals surface area contributed by atoms with Crippen LogP contribution in [0.3, 0.4) is 0 Å². The molecular formula is C26H26Br2O2Te. The number of hydrogen-bond acceptors (Lipinski definition) is 2. The van der Waals surface area contributed by atoms with Crippen LogP contribution in [0.1, 0.15) is 0 Å². The molecule has 0 aliphatic heterocycles. The average molecular weight is 658 g/mol. The Morgan fingerprint density at radius 1 is 0.387 bits per heavy atom. The van der Waals surface area contributed by atoms with E-state index in [0.29, 0.717) is 0 Å². The second-order valence-electron chi connectivity index (χ2n) is 6.19. The van der Waals surface area contributed by atoms with Gasteiger partial charge < -0.3 is 9.47 Å². The molecule has 0 saturated carbocycles. The van der Waals surface area contributed by atoms with Crippen molar-refractivity contribution >= 4 is 57.6 Å². The third kappa shape index (κ3) is 9.09. The first-order valence-electron chi connectivity index (χ1n) is 9.19. The molecular weight excluding hydrogens is 632 g/mol. The molecule has 0 amide bonds. The van der Waals surface area contributed by atoms with Crippen LogP contribution in [0.25, 0.3) is 22.3 Å². The summed E-state index contributed by atoms with van der Waals surface area (Å²) in [6, 6.07) is 36.8. The van der Waals surface area contributed by atoms with Gasteiger partial charge in [-0.05, 0) is 46.5 Å². The van der Waals surface area contributed by atoms with Gasteiger partial charge in [-0.25, -0.2) is 0 Å². The molecule has 2 radical (unpaired) electrons. The summed E-state index contributed by atoms with van der Waals surface area (Å²) in [6.07, 6.45) is 0. The SMILES string of the molecule is Br.Br.COc1ccc(-c2ccccc2)cc1.COc1ccc(-c2ccccc2)cc1.[Te]. The number of rotatable bonds is 4. The Balaban J connectivity index is 0.000000529. The summed E-state index contributed by atoms with van der Waals surface area (Å²) in [5.74, 6) is 1.79. The van der Waals surface area contributed by atoms with Gasteiger partial charge >= 0.3 is 0 Å². The molecule has 0 aliphatic rings. The molecule has 0 aromatic heterocycles. The zero-order valence-corrected chi connectivity index (χ0v) is 23.2. The van der Waals surface area contributed by atoms with Crippen LogP contribution < -0.4 is 9.47 Å². The molecule has 0 spiro atoms. The van der Waals surface area contributed by atoms with E-state index < -0.39 is 0 Å². The molecule has 162 valence electrons. The number of benzene rings is 4. The maximum Gasteiger partial charge on any atom is 0.118 e. The van der Waals surface area contributed by atoms with Crippen molar-refractivity contribution in [3.8, 4) is 33.8 Å². The molecule has 0 N–H and O–H groups in total. The number of ether oxygens (including phenoxy) is 2. The van der Waals surface area contributed by atoms with Crippen molar-refractivity contribution in [2.45, 2.75) is 0 Å². The number of halogens is 2. The van der Waals surface area contributed by atoms with Gasteiger partial charge in [-0.1, -0.05) is 84.9 Å². The standard InChI is InChI=1S/2C13H12O.2BrH.Te/c2*1-14-13-9-7-12(8-10-13)11-5-3-2-4-6-11;;;/h2*2-10H,1H3;2*1H;. The molecule has 4 aromatic carbocycles. The van der Waals surface area contributed by atoms with Gasteiger partial charge in [0.25, 0.3) is 0 Å². The Morgan fingerprint density at radius 2 is 0.645 bits per heavy atom. The van der Waals surface area contributed by atoms with E-state index in [4.69, 9.17) is 9.47 Å². The van der Waals surface area contributed by atoms with Crippen LogP contribution in [-0.2, 0) is 0 Å². The molecule has 0 atom stereocenters. The summed E-state index contributed by atoms with van der Waals surface area (Å²) in [7, 11) is 3.36. The molecule has 2 nitrogen and oxygen atoms in total. The van der Waals surface area contributed by atoms with E-state index in [9.17, 15) is 0 Å². The van der Waals surface area contributed by atoms with Crippen molar-refractivity contribution in [1.82, 2.24) is 0 Å². The molecule has 4 aromatic rings. The van der Waals surface area contributed by atoms with E-state index in [0.717, 1.165) is 11.5 Å². The first-order valence-corrected chi connectivity index (χ1v) is 9.19. The van der Waals surface area contributed by atoms with Gasteiger partial charge in [-0.3, -0.25) is 0 Å². The van der Waals surface area contributed by atoms with Gasteiger partial charge in [0.05, 0.1) is 14.2 Å². The van der Waals surface area contributed by atoms with Crippen LogP contribution in [-0.4, -0.2) is 37.9 Å². The van der Waals surface area contributed by atoms with Crippen LogP contribution in [0.15, 0.2) is 109 Å². The van der Waals surface area contributed by atoms with E-state index in [2.05, 4.69) is 48.5 Å². The van der Waals surface area contributed by atoms with Gasteiger partial charge in [0.1, 0.15) is 11.5 Å². The van der Waals surface area contributed by atoms with E-state index in [1.54, 1.807) is 14.2 Å². The zero-order chi connectivity index (χ0) is 19.6. The van der Waals surface area contributed by atoms with Crippen LogP contribution in [0.5, 0.6) is 11.5 Å². The van der Waals surface area contributed by atoms with Gasteiger partial charge in [0, 0.05) is 23.7 Å². The minimum absolute atomic E-state index is 0. The van der Waals surface area contributed by atoms with Crippen molar-refractivity contribution in [3.05, 3.63) is 109 Å². The molecule has 4 rings (SSSR count). The smallest absolute Gasteiger partial charge is 0.118 e. The number of methoxy groups -OCH3 is 2. The predicted molar refractivity (Wildman–Crippen MR) is 143 cm³/mol. The molecule has 31 heavy (non-hydrogen) atoms. The van der Waals surface area contributed by atoms with Crippen molar-refractivity contribution in [3.63, 3.8) is 0 Å². The summed E-state index contributed by atoms with van der Waals surface area (Å²) in [6.45, 7) is 0. The maximum atomic E-state index is 5.11. The third-order valence-electron chi connectivity index (χ3n) is 4.39. The van der Waals surface area contributed by atoms with Gasteiger partial charge in [0.2, 0.25) is 0 Å². The monoisotopic (exact) mass is 658 g/mol. The molecule has 0 aliphatic carbocycles. The fourth-order valence-corrected chi connectivity index (χ4v) is 2.83. The zero-order valence-electron chi connectivity index (χ0n) is 17.4. The minimum Gasteiger partial charge on any atom is -0.497 e. The second-order valence-corrected chi connectivity index (χ2v) is 6.19. The van der Waals surface area contributed by atoms with Crippen LogP contribution in [0.2, 0.25) is 0 Å². The molecule has 0 saturated heterocycles. The Kier molecular flexibility index (Phi) is 15.0. The Bertz CT molecular complexity index is 879. The predicted octanol–water partition coefficient (Wildman–Crippen LogP) is 7.50. The van der Waals surface area contributed by atoms with Crippen molar-refractivity contribution in [1.29, 1.82) is 0 Å². The molecule has 0 heterocycles. The first-order chi connectivity index (χ1) is 13.8. The Hall–Kier alpha value is -1.77. The van der Waals surface area contributed by atoms with Gasteiger partial charge in [-0.15, -0.1) is 34.0 Å². The minimum atomic E-state index is 0. The Morgan fingerprint density at radius 3 is 0.903 bits per heavy atom. The molecule has 0 bridgehead atoms. The molecule has 5 heteroatoms. The summed E-state index contributed by atoms with van der Waals surface area (Å²) < 4.78 is 10.2. The third-order valence-corrected chi connectivity index (χ3v) is 4.39. The topological polar surface area (TPSA) is 18.5 Å². The largest absolute Gasteiger partial charge is 0.497 e. The van der Waals surface area contributed by atoms with E-state index in [1.165, 1.54) is 22.3 Å². The molecule has 0 unspecified atom stereocenters. The van der Waals surface area contributed by atoms with Crippen molar-refractivity contribution in [2.24, 2.45) is 0 Å². The normalized spacial score (nSPS) is 8.84. The average Bonchev–Trinajstić information content (AvgIpc) is 2.81. The molecule has 0 fully saturated rings. The van der Waals surface area contributed by atoms with Crippen molar-refractivity contribution < 1.29 is 9.47 Å². The van der Waals surface area contributed by atoms with Crippen LogP contribution in [0, 0.1) is 0 Å². The summed E-state index contributed by atoms with van der Waals surface area (Å²) in [5.41, 5.74) is 4.89. The maximum absolute atomic E-state index is 5.11. The van der Waals surface area contributed by atoms with E-state index >= 15 is 0 Å². The van der Waals surface area contributed by atoms with Crippen molar-refractivity contribution in [2.75, 3.05) is 14.2 Å². The number of hydrogen-bond donors (Lipinski definition) is 0. The van der Waals surface area contributed by atoms with Crippen LogP contribution in [0.4, 0.5) is 0 Å². The fourth-order valence-electron chi connectivity index (χ4n) is 2.83. The van der Waals surface area contributed by atoms with E-state index in [-0.39, 0.29) is 57.6 Å². The van der Waals surface area contributed by atoms with Gasteiger partial charge in [0.15, 0.2) is 0 Å². The first kappa shape index (κ1) is 29.2. The quantitative estimate of drug-likeness (QED) is 0.212.